The number of hydrogen-bond donors (Lipinski definition) is 2. The maximum atomic E-state index is 12.7. The fraction of sp³-hybridized carbons (Fsp3) is 0.250. The molecule has 3 aromatic rings. The van der Waals surface area contributed by atoms with Crippen LogP contribution >= 0.6 is 0 Å². The van der Waals surface area contributed by atoms with E-state index in [9.17, 15) is 9.59 Å². The lowest BCUT2D eigenvalue weighted by atomic mass is 10.1. The normalized spacial score (nSPS) is 12.8. The van der Waals surface area contributed by atoms with Crippen molar-refractivity contribution in [1.82, 2.24) is 5.32 Å². The molecule has 0 heterocycles. The molecule has 3 rings (SSSR count). The minimum absolute atomic E-state index is 0.0554. The van der Waals surface area contributed by atoms with Crippen molar-refractivity contribution in [1.29, 1.82) is 0 Å². The van der Waals surface area contributed by atoms with Crippen molar-refractivity contribution in [2.24, 2.45) is 0 Å². The van der Waals surface area contributed by atoms with Gasteiger partial charge in [0.15, 0.2) is 6.10 Å². The highest BCUT2D eigenvalue weighted by molar-refractivity contribution is 6.04. The molecule has 0 aliphatic heterocycles. The van der Waals surface area contributed by atoms with Crippen LogP contribution in [0.15, 0.2) is 66.7 Å². The second-order valence-electron chi connectivity index (χ2n) is 7.05. The fourth-order valence-corrected chi connectivity index (χ4v) is 2.97. The Morgan fingerprint density at radius 3 is 2.41 bits per heavy atom. The lowest BCUT2D eigenvalue weighted by Crippen LogP contribution is -2.34. The average Bonchev–Trinajstić information content (AvgIpc) is 2.74. The summed E-state index contributed by atoms with van der Waals surface area (Å²) in [6.07, 6.45) is 0.0994. The predicted octanol–water partition coefficient (Wildman–Crippen LogP) is 4.77. The molecule has 29 heavy (non-hydrogen) atoms. The van der Waals surface area contributed by atoms with Crippen LogP contribution in [0.2, 0.25) is 0 Å². The minimum Gasteiger partial charge on any atom is -0.480 e. The third kappa shape index (κ3) is 4.93. The summed E-state index contributed by atoms with van der Waals surface area (Å²) in [5, 5.41) is 7.75. The summed E-state index contributed by atoms with van der Waals surface area (Å²) in [7, 11) is 0. The van der Waals surface area contributed by atoms with E-state index in [0.29, 0.717) is 17.0 Å². The molecule has 150 valence electrons. The van der Waals surface area contributed by atoms with Crippen LogP contribution in [0.25, 0.3) is 10.8 Å². The second-order valence-corrected chi connectivity index (χ2v) is 7.05. The third-order valence-corrected chi connectivity index (χ3v) is 4.84. The van der Waals surface area contributed by atoms with Crippen LogP contribution in [0, 0.1) is 0 Å². The lowest BCUT2D eigenvalue weighted by molar-refractivity contribution is -0.122. The van der Waals surface area contributed by atoms with Gasteiger partial charge in [0.25, 0.3) is 11.8 Å². The van der Waals surface area contributed by atoms with Gasteiger partial charge < -0.3 is 15.4 Å². The van der Waals surface area contributed by atoms with Gasteiger partial charge in [0.2, 0.25) is 0 Å². The van der Waals surface area contributed by atoms with E-state index >= 15 is 0 Å². The van der Waals surface area contributed by atoms with Gasteiger partial charge in [-0.1, -0.05) is 55.5 Å². The first kappa shape index (κ1) is 20.4. The predicted molar refractivity (Wildman–Crippen MR) is 116 cm³/mol. The molecule has 0 saturated carbocycles. The van der Waals surface area contributed by atoms with Crippen LogP contribution in [-0.4, -0.2) is 24.0 Å². The van der Waals surface area contributed by atoms with Crippen molar-refractivity contribution >= 4 is 28.3 Å². The summed E-state index contributed by atoms with van der Waals surface area (Å²) in [5.41, 5.74) is 0.894. The number of anilines is 1. The highest BCUT2D eigenvalue weighted by Crippen LogP contribution is 2.26. The molecule has 0 aromatic heterocycles. The van der Waals surface area contributed by atoms with Crippen molar-refractivity contribution < 1.29 is 14.3 Å². The summed E-state index contributed by atoms with van der Waals surface area (Å²) < 4.78 is 5.93. The summed E-state index contributed by atoms with van der Waals surface area (Å²) in [4.78, 5) is 25.3. The number of amides is 2. The number of rotatable bonds is 7. The standard InChI is InChI=1S/C24H26N2O3/c1-4-16(2)25-24(28)20-13-7-8-14-21(20)26-23(27)17(3)29-22-15-9-11-18-10-5-6-12-19(18)22/h5-17H,4H2,1-3H3,(H,25,28)(H,26,27)/t16-,17-/m1/s1. The van der Waals surface area contributed by atoms with Gasteiger partial charge >= 0.3 is 0 Å². The smallest absolute Gasteiger partial charge is 0.265 e. The molecule has 0 radical (unpaired) electrons. The molecule has 2 atom stereocenters. The molecule has 0 fully saturated rings. The van der Waals surface area contributed by atoms with Gasteiger partial charge in [-0.2, -0.15) is 0 Å². The van der Waals surface area contributed by atoms with Crippen LogP contribution in [0.3, 0.4) is 0 Å². The largest absolute Gasteiger partial charge is 0.480 e. The Labute approximate surface area is 171 Å². The van der Waals surface area contributed by atoms with Crippen LogP contribution < -0.4 is 15.4 Å². The Morgan fingerprint density at radius 1 is 0.931 bits per heavy atom. The fourth-order valence-electron chi connectivity index (χ4n) is 2.97. The number of carbonyl (C=O) groups is 2. The molecule has 0 saturated heterocycles. The Kier molecular flexibility index (Phi) is 6.50. The lowest BCUT2D eigenvalue weighted by Gasteiger charge is -2.18. The number of carbonyl (C=O) groups excluding carboxylic acids is 2. The van der Waals surface area contributed by atoms with Crippen LogP contribution in [0.4, 0.5) is 5.69 Å². The molecular weight excluding hydrogens is 364 g/mol. The van der Waals surface area contributed by atoms with E-state index in [1.807, 2.05) is 56.3 Å². The topological polar surface area (TPSA) is 67.4 Å². The number of nitrogens with one attached hydrogen (secondary N) is 2. The van der Waals surface area contributed by atoms with E-state index in [1.54, 1.807) is 31.2 Å². The molecule has 2 amide bonds. The average molecular weight is 390 g/mol. The van der Waals surface area contributed by atoms with Crippen molar-refractivity contribution in [2.75, 3.05) is 5.32 Å². The molecule has 0 unspecified atom stereocenters. The van der Waals surface area contributed by atoms with Crippen LogP contribution in [-0.2, 0) is 4.79 Å². The third-order valence-electron chi connectivity index (χ3n) is 4.84. The Hall–Kier alpha value is -3.34. The molecule has 2 N–H and O–H groups in total. The van der Waals surface area contributed by atoms with Gasteiger partial charge in [0, 0.05) is 11.4 Å². The molecule has 0 aliphatic carbocycles. The van der Waals surface area contributed by atoms with Crippen molar-refractivity contribution in [3.05, 3.63) is 72.3 Å². The first-order chi connectivity index (χ1) is 14.0. The van der Waals surface area contributed by atoms with E-state index in [-0.39, 0.29) is 17.9 Å². The zero-order chi connectivity index (χ0) is 20.8. The quantitative estimate of drug-likeness (QED) is 0.610. The van der Waals surface area contributed by atoms with Crippen molar-refractivity contribution in [3.63, 3.8) is 0 Å². The maximum Gasteiger partial charge on any atom is 0.265 e. The van der Waals surface area contributed by atoms with Gasteiger partial charge in [-0.3, -0.25) is 9.59 Å². The van der Waals surface area contributed by atoms with E-state index in [2.05, 4.69) is 10.6 Å². The van der Waals surface area contributed by atoms with E-state index < -0.39 is 6.10 Å². The minimum atomic E-state index is -0.730. The first-order valence-corrected chi connectivity index (χ1v) is 9.84. The summed E-state index contributed by atoms with van der Waals surface area (Å²) >= 11 is 0. The Morgan fingerprint density at radius 2 is 1.62 bits per heavy atom. The number of benzene rings is 3. The molecular formula is C24H26N2O3. The SMILES string of the molecule is CC[C@@H](C)NC(=O)c1ccccc1NC(=O)[C@@H](C)Oc1cccc2ccccc12. The monoisotopic (exact) mass is 390 g/mol. The molecule has 0 bridgehead atoms. The molecule has 0 aliphatic rings. The van der Waals surface area contributed by atoms with Gasteiger partial charge in [-0.25, -0.2) is 0 Å². The molecule has 3 aromatic carbocycles. The maximum absolute atomic E-state index is 12.7. The Balaban J connectivity index is 1.74. The van der Waals surface area contributed by atoms with E-state index in [4.69, 9.17) is 4.74 Å². The van der Waals surface area contributed by atoms with Gasteiger partial charge in [0.1, 0.15) is 5.75 Å². The van der Waals surface area contributed by atoms with E-state index in [1.165, 1.54) is 0 Å². The summed E-state index contributed by atoms with van der Waals surface area (Å²) in [5.74, 6) is 0.119. The van der Waals surface area contributed by atoms with Crippen molar-refractivity contribution in [3.8, 4) is 5.75 Å². The number of ether oxygens (including phenoxy) is 1. The number of para-hydroxylation sites is 1. The summed E-state index contributed by atoms with van der Waals surface area (Å²) in [6, 6.07) is 20.6. The van der Waals surface area contributed by atoms with Gasteiger partial charge in [-0.05, 0) is 43.9 Å². The van der Waals surface area contributed by atoms with Crippen molar-refractivity contribution in [2.45, 2.75) is 39.3 Å². The Bertz CT molecular complexity index is 1010. The van der Waals surface area contributed by atoms with Gasteiger partial charge in [0.05, 0.1) is 11.3 Å². The molecule has 5 nitrogen and oxygen atoms in total. The highest BCUT2D eigenvalue weighted by Gasteiger charge is 2.19. The molecule has 0 spiro atoms. The zero-order valence-corrected chi connectivity index (χ0v) is 16.9. The molecule has 5 heteroatoms. The zero-order valence-electron chi connectivity index (χ0n) is 16.9. The number of hydrogen-bond acceptors (Lipinski definition) is 3. The van der Waals surface area contributed by atoms with E-state index in [0.717, 1.165) is 17.2 Å². The first-order valence-electron chi connectivity index (χ1n) is 9.84. The summed E-state index contributed by atoms with van der Waals surface area (Å²) in [6.45, 7) is 5.64. The number of fused-ring (bicyclic) bond motifs is 1. The van der Waals surface area contributed by atoms with Crippen LogP contribution in [0.5, 0.6) is 5.75 Å². The van der Waals surface area contributed by atoms with Crippen LogP contribution in [0.1, 0.15) is 37.6 Å². The highest BCUT2D eigenvalue weighted by atomic mass is 16.5. The second kappa shape index (κ2) is 9.24. The van der Waals surface area contributed by atoms with Gasteiger partial charge in [-0.15, -0.1) is 0 Å².